The maximum Gasteiger partial charge on any atom is 0.291 e. The highest BCUT2D eigenvalue weighted by Crippen LogP contribution is 2.27. The third-order valence-electron chi connectivity index (χ3n) is 3.41. The molecule has 0 unspecified atom stereocenters. The van der Waals surface area contributed by atoms with Gasteiger partial charge in [0, 0.05) is 19.7 Å². The van der Waals surface area contributed by atoms with Gasteiger partial charge in [0.15, 0.2) is 0 Å². The molecular formula is C13H20BrN3O2. The van der Waals surface area contributed by atoms with E-state index < -0.39 is 0 Å². The number of anilines is 1. The summed E-state index contributed by atoms with van der Waals surface area (Å²) in [6.07, 6.45) is 5.37. The minimum absolute atomic E-state index is 0.0576. The van der Waals surface area contributed by atoms with Crippen molar-refractivity contribution in [2.24, 2.45) is 5.92 Å². The zero-order valence-electron chi connectivity index (χ0n) is 11.2. The first-order valence-corrected chi connectivity index (χ1v) is 7.59. The van der Waals surface area contributed by atoms with Crippen molar-refractivity contribution in [3.8, 4) is 0 Å². The van der Waals surface area contributed by atoms with Gasteiger partial charge in [0.05, 0.1) is 17.3 Å². The smallest absolute Gasteiger partial charge is 0.291 e. The number of halogens is 1. The lowest BCUT2D eigenvalue weighted by molar-refractivity contribution is 0.158. The molecule has 106 valence electrons. The molecule has 2 rings (SSSR count). The summed E-state index contributed by atoms with van der Waals surface area (Å²) in [6, 6.07) is 0. The maximum atomic E-state index is 12.3. The van der Waals surface area contributed by atoms with Crippen LogP contribution in [0.5, 0.6) is 0 Å². The van der Waals surface area contributed by atoms with E-state index in [9.17, 15) is 4.79 Å². The predicted molar refractivity (Wildman–Crippen MR) is 78.5 cm³/mol. The van der Waals surface area contributed by atoms with E-state index in [0.29, 0.717) is 35.8 Å². The van der Waals surface area contributed by atoms with Crippen LogP contribution in [0.15, 0.2) is 15.5 Å². The lowest BCUT2D eigenvalue weighted by atomic mass is 9.85. The van der Waals surface area contributed by atoms with Gasteiger partial charge in [0.2, 0.25) is 0 Å². The summed E-state index contributed by atoms with van der Waals surface area (Å²) in [7, 11) is 0. The molecule has 1 fully saturated rings. The number of aromatic nitrogens is 2. The summed E-state index contributed by atoms with van der Waals surface area (Å²) in [5.74, 6) is 0.614. The third kappa shape index (κ3) is 3.79. The van der Waals surface area contributed by atoms with Gasteiger partial charge in [-0.3, -0.25) is 4.79 Å². The molecule has 6 heteroatoms. The minimum atomic E-state index is -0.0576. The van der Waals surface area contributed by atoms with Crippen molar-refractivity contribution in [3.63, 3.8) is 0 Å². The van der Waals surface area contributed by atoms with Gasteiger partial charge < -0.3 is 10.1 Å². The third-order valence-corrected chi connectivity index (χ3v) is 4.01. The normalized spacial score (nSPS) is 15.3. The Morgan fingerprint density at radius 1 is 1.58 bits per heavy atom. The van der Waals surface area contributed by atoms with Crippen LogP contribution in [0, 0.1) is 5.92 Å². The van der Waals surface area contributed by atoms with E-state index in [2.05, 4.69) is 26.3 Å². The molecule has 1 aromatic heterocycles. The molecule has 0 bridgehead atoms. The first-order valence-electron chi connectivity index (χ1n) is 6.79. The second-order valence-corrected chi connectivity index (χ2v) is 5.63. The largest absolute Gasteiger partial charge is 0.380 e. The molecule has 0 radical (unpaired) electrons. The molecular weight excluding hydrogens is 310 g/mol. The molecule has 19 heavy (non-hydrogen) atoms. The van der Waals surface area contributed by atoms with E-state index in [1.54, 1.807) is 10.9 Å². The van der Waals surface area contributed by atoms with Gasteiger partial charge in [-0.1, -0.05) is 6.42 Å². The molecule has 1 aromatic rings. The van der Waals surface area contributed by atoms with Crippen LogP contribution in [0.3, 0.4) is 0 Å². The summed E-state index contributed by atoms with van der Waals surface area (Å²) in [5, 5.41) is 7.31. The molecule has 1 heterocycles. The summed E-state index contributed by atoms with van der Waals surface area (Å²) in [4.78, 5) is 12.3. The van der Waals surface area contributed by atoms with E-state index >= 15 is 0 Å². The highest BCUT2D eigenvalue weighted by molar-refractivity contribution is 9.10. The second-order valence-electron chi connectivity index (χ2n) is 4.78. The van der Waals surface area contributed by atoms with Crippen molar-refractivity contribution in [2.45, 2.75) is 32.7 Å². The number of nitrogens with zero attached hydrogens (tertiary/aromatic N) is 2. The Labute approximate surface area is 121 Å². The molecule has 1 saturated carbocycles. The number of hydrogen-bond acceptors (Lipinski definition) is 4. The fraction of sp³-hybridized carbons (Fsp3) is 0.692. The molecule has 0 spiro atoms. The monoisotopic (exact) mass is 329 g/mol. The van der Waals surface area contributed by atoms with Crippen LogP contribution >= 0.6 is 15.9 Å². The first-order chi connectivity index (χ1) is 9.22. The molecule has 1 aliphatic carbocycles. The fourth-order valence-electron chi connectivity index (χ4n) is 2.07. The average Bonchev–Trinajstić information content (AvgIpc) is 2.35. The highest BCUT2D eigenvalue weighted by Gasteiger charge is 2.20. The Hall–Kier alpha value is -0.880. The first kappa shape index (κ1) is 14.5. The molecule has 1 N–H and O–H groups in total. The Kier molecular flexibility index (Phi) is 5.39. The lowest BCUT2D eigenvalue weighted by Gasteiger charge is -2.25. The van der Waals surface area contributed by atoms with Gasteiger partial charge in [-0.15, -0.1) is 0 Å². The molecule has 0 aliphatic heterocycles. The molecule has 0 aromatic carbocycles. The predicted octanol–water partition coefficient (Wildman–Crippen LogP) is 2.25. The quantitative estimate of drug-likeness (QED) is 0.779. The second kappa shape index (κ2) is 7.05. The highest BCUT2D eigenvalue weighted by atomic mass is 79.9. The number of nitrogens with one attached hydrogen (secondary N) is 1. The Morgan fingerprint density at radius 3 is 3.00 bits per heavy atom. The van der Waals surface area contributed by atoms with Gasteiger partial charge >= 0.3 is 0 Å². The lowest BCUT2D eigenvalue weighted by Crippen LogP contribution is -2.31. The van der Waals surface area contributed by atoms with Crippen molar-refractivity contribution in [1.29, 1.82) is 0 Å². The molecule has 0 amide bonds. The molecule has 0 saturated heterocycles. The van der Waals surface area contributed by atoms with E-state index in [1.165, 1.54) is 19.3 Å². The maximum absolute atomic E-state index is 12.3. The van der Waals surface area contributed by atoms with Crippen LogP contribution in [-0.2, 0) is 11.3 Å². The van der Waals surface area contributed by atoms with Crippen LogP contribution in [0.25, 0.3) is 0 Å². The van der Waals surface area contributed by atoms with Gasteiger partial charge in [0.25, 0.3) is 5.56 Å². The standard InChI is InChI=1S/C13H20BrN3O2/c1-2-19-7-6-15-12-11(14)8-16-17(13(12)18)9-10-4-3-5-10/h8,10,15H,2-7,9H2,1H3. The van der Waals surface area contributed by atoms with Crippen LogP contribution in [-0.4, -0.2) is 29.5 Å². The zero-order chi connectivity index (χ0) is 13.7. The van der Waals surface area contributed by atoms with E-state index in [-0.39, 0.29) is 5.56 Å². The molecule has 0 atom stereocenters. The van der Waals surface area contributed by atoms with Gasteiger partial charge in [-0.2, -0.15) is 5.10 Å². The van der Waals surface area contributed by atoms with Crippen LogP contribution < -0.4 is 10.9 Å². The van der Waals surface area contributed by atoms with Crippen molar-refractivity contribution in [1.82, 2.24) is 9.78 Å². The summed E-state index contributed by atoms with van der Waals surface area (Å²) >= 11 is 3.37. The summed E-state index contributed by atoms with van der Waals surface area (Å²) in [6.45, 7) is 4.58. The summed E-state index contributed by atoms with van der Waals surface area (Å²) in [5.41, 5.74) is 0.520. The fourth-order valence-corrected chi connectivity index (χ4v) is 2.47. The van der Waals surface area contributed by atoms with E-state index in [1.807, 2.05) is 6.92 Å². The van der Waals surface area contributed by atoms with Crippen LogP contribution in [0.1, 0.15) is 26.2 Å². The van der Waals surface area contributed by atoms with E-state index in [0.717, 1.165) is 6.54 Å². The zero-order valence-corrected chi connectivity index (χ0v) is 12.8. The number of ether oxygens (including phenoxy) is 1. The Bertz CT molecular complexity index is 471. The van der Waals surface area contributed by atoms with Gasteiger partial charge in [-0.05, 0) is 41.6 Å². The van der Waals surface area contributed by atoms with Crippen molar-refractivity contribution in [3.05, 3.63) is 21.0 Å². The minimum Gasteiger partial charge on any atom is -0.380 e. The van der Waals surface area contributed by atoms with E-state index in [4.69, 9.17) is 4.74 Å². The van der Waals surface area contributed by atoms with Crippen molar-refractivity contribution >= 4 is 21.6 Å². The SMILES string of the molecule is CCOCCNc1c(Br)cnn(CC2CCC2)c1=O. The summed E-state index contributed by atoms with van der Waals surface area (Å²) < 4.78 is 7.53. The van der Waals surface area contributed by atoms with Crippen molar-refractivity contribution in [2.75, 3.05) is 25.1 Å². The average molecular weight is 330 g/mol. The Morgan fingerprint density at radius 2 is 2.37 bits per heavy atom. The Balaban J connectivity index is 2.03. The van der Waals surface area contributed by atoms with Crippen LogP contribution in [0.2, 0.25) is 0 Å². The van der Waals surface area contributed by atoms with Gasteiger partial charge in [-0.25, -0.2) is 4.68 Å². The van der Waals surface area contributed by atoms with Crippen molar-refractivity contribution < 1.29 is 4.74 Å². The number of hydrogen-bond donors (Lipinski definition) is 1. The van der Waals surface area contributed by atoms with Crippen LogP contribution in [0.4, 0.5) is 5.69 Å². The molecule has 5 nitrogen and oxygen atoms in total. The van der Waals surface area contributed by atoms with Gasteiger partial charge in [0.1, 0.15) is 5.69 Å². The topological polar surface area (TPSA) is 56.1 Å². The number of rotatable bonds is 7. The molecule has 1 aliphatic rings.